The molecule has 2 atom stereocenters. The third-order valence-electron chi connectivity index (χ3n) is 3.37. The van der Waals surface area contributed by atoms with Crippen LogP contribution in [0, 0.1) is 22.9 Å². The van der Waals surface area contributed by atoms with Crippen LogP contribution in [0.5, 0.6) is 0 Å². The molecule has 13 heteroatoms. The molecule has 0 radical (unpaired) electrons. The Hall–Kier alpha value is -2.22. The lowest BCUT2D eigenvalue weighted by atomic mass is 10.1. The lowest BCUT2D eigenvalue weighted by Crippen LogP contribution is -2.35. The van der Waals surface area contributed by atoms with Gasteiger partial charge in [-0.25, -0.2) is 0 Å². The van der Waals surface area contributed by atoms with E-state index in [2.05, 4.69) is 66.1 Å². The molecule has 1 rings (SSSR count). The van der Waals surface area contributed by atoms with Gasteiger partial charge in [0.2, 0.25) is 11.9 Å². The number of hydrogen-bond acceptors (Lipinski definition) is 9. The van der Waals surface area contributed by atoms with E-state index >= 15 is 0 Å². The van der Waals surface area contributed by atoms with Crippen molar-refractivity contribution in [2.75, 3.05) is 27.2 Å². The maximum atomic E-state index is 8.62. The number of nitrogens with zero attached hydrogens (tertiary/aromatic N) is 6. The first-order valence-electron chi connectivity index (χ1n) is 7.97. The summed E-state index contributed by atoms with van der Waals surface area (Å²) in [6.45, 7) is 1.16. The minimum atomic E-state index is -0.123. The van der Waals surface area contributed by atoms with Crippen LogP contribution in [-0.4, -0.2) is 48.7 Å². The lowest BCUT2D eigenvalue weighted by molar-refractivity contribution is 0.716. The van der Waals surface area contributed by atoms with Gasteiger partial charge >= 0.3 is 0 Å². The quantitative estimate of drug-likeness (QED) is 0.116. The van der Waals surface area contributed by atoms with Crippen LogP contribution in [0.4, 0.5) is 0 Å². The number of aliphatic imine (C=N–C) groups is 2. The van der Waals surface area contributed by atoms with E-state index in [1.54, 1.807) is 14.1 Å². The van der Waals surface area contributed by atoms with E-state index in [4.69, 9.17) is 10.5 Å². The predicted octanol–water partition coefficient (Wildman–Crippen LogP) is 0.552. The molecule has 0 saturated heterocycles. The van der Waals surface area contributed by atoms with Crippen molar-refractivity contribution in [2.24, 2.45) is 9.98 Å². The van der Waals surface area contributed by atoms with Crippen molar-refractivity contribution < 1.29 is 0 Å². The number of thiol groups is 2. The SMILES string of the molecule is CN=C(NC#N)NCCC(S)c1nnsc1C(S)CCNC(=NC)NC#N. The smallest absolute Gasteiger partial charge is 0.204 e. The van der Waals surface area contributed by atoms with Crippen LogP contribution in [0.15, 0.2) is 9.98 Å². The van der Waals surface area contributed by atoms with E-state index < -0.39 is 0 Å². The second-order valence-corrected chi connectivity index (χ2v) is 7.14. The van der Waals surface area contributed by atoms with Crippen molar-refractivity contribution in [2.45, 2.75) is 23.3 Å². The van der Waals surface area contributed by atoms with Gasteiger partial charge in [-0.2, -0.15) is 35.8 Å². The second kappa shape index (κ2) is 13.0. The van der Waals surface area contributed by atoms with Crippen molar-refractivity contribution in [3.63, 3.8) is 0 Å². The maximum Gasteiger partial charge on any atom is 0.204 e. The molecule has 0 fully saturated rings. The summed E-state index contributed by atoms with van der Waals surface area (Å²) >= 11 is 10.6. The highest BCUT2D eigenvalue weighted by Gasteiger charge is 2.21. The molecule has 1 aromatic rings. The molecule has 0 bridgehead atoms. The van der Waals surface area contributed by atoms with Gasteiger partial charge in [0.25, 0.3) is 0 Å². The average Bonchev–Trinajstić information content (AvgIpc) is 3.16. The predicted molar refractivity (Wildman–Crippen MR) is 113 cm³/mol. The summed E-state index contributed by atoms with van der Waals surface area (Å²) in [5, 5.41) is 32.2. The van der Waals surface area contributed by atoms with Crippen molar-refractivity contribution in [1.29, 1.82) is 10.5 Å². The summed E-state index contributed by atoms with van der Waals surface area (Å²) in [5.74, 6) is 0.824. The molecule has 2 unspecified atom stereocenters. The number of nitriles is 2. The van der Waals surface area contributed by atoms with E-state index in [1.807, 2.05) is 12.4 Å². The second-order valence-electron chi connectivity index (χ2n) is 5.10. The number of guanidine groups is 2. The van der Waals surface area contributed by atoms with Crippen LogP contribution in [0.3, 0.4) is 0 Å². The Balaban J connectivity index is 2.54. The fourth-order valence-electron chi connectivity index (χ4n) is 2.05. The molecule has 0 aromatic carbocycles. The third-order valence-corrected chi connectivity index (χ3v) is 5.42. The molecule has 0 spiro atoms. The van der Waals surface area contributed by atoms with Gasteiger partial charge in [0.1, 0.15) is 0 Å². The van der Waals surface area contributed by atoms with Gasteiger partial charge in [-0.3, -0.25) is 20.6 Å². The zero-order valence-electron chi connectivity index (χ0n) is 15.0. The van der Waals surface area contributed by atoms with Crippen LogP contribution in [0.1, 0.15) is 33.9 Å². The first-order valence-corrected chi connectivity index (χ1v) is 9.77. The summed E-state index contributed by atoms with van der Waals surface area (Å²) < 4.78 is 4.04. The Morgan fingerprint density at radius 2 is 1.56 bits per heavy atom. The van der Waals surface area contributed by atoms with Crippen molar-refractivity contribution in [3.8, 4) is 12.4 Å². The summed E-state index contributed by atoms with van der Waals surface area (Å²) in [7, 11) is 3.18. The summed E-state index contributed by atoms with van der Waals surface area (Å²) in [6.07, 6.45) is 5.01. The number of hydrogen-bond donors (Lipinski definition) is 6. The topological polar surface area (TPSA) is 146 Å². The standard InChI is InChI=1S/C14H22N10S3/c1-17-13(21-7-15)19-5-3-9(25)11-12(27-24-23-11)10(26)4-6-20-14(18-2)22-8-16/h9-10,25-26H,3-6H2,1-2H3,(H2,17,19,21)(H2,18,20,22). The number of aromatic nitrogens is 2. The average molecular weight is 427 g/mol. The molecular weight excluding hydrogens is 404 g/mol. The zero-order valence-corrected chi connectivity index (χ0v) is 17.6. The normalized spacial score (nSPS) is 13.9. The maximum absolute atomic E-state index is 8.62. The van der Waals surface area contributed by atoms with Crippen LogP contribution < -0.4 is 21.3 Å². The number of rotatable bonds is 8. The molecule has 0 amide bonds. The first kappa shape index (κ1) is 22.8. The Morgan fingerprint density at radius 1 is 1.04 bits per heavy atom. The van der Waals surface area contributed by atoms with Crippen LogP contribution in [-0.2, 0) is 0 Å². The van der Waals surface area contributed by atoms with Crippen LogP contribution in [0.25, 0.3) is 0 Å². The molecule has 0 aliphatic rings. The van der Waals surface area contributed by atoms with Crippen molar-refractivity contribution in [3.05, 3.63) is 10.6 Å². The van der Waals surface area contributed by atoms with Crippen molar-refractivity contribution in [1.82, 2.24) is 30.9 Å². The van der Waals surface area contributed by atoms with E-state index in [0.29, 0.717) is 37.9 Å². The molecule has 0 saturated carbocycles. The van der Waals surface area contributed by atoms with Crippen molar-refractivity contribution >= 4 is 48.7 Å². The summed E-state index contributed by atoms with van der Waals surface area (Å²) in [5.41, 5.74) is 0.799. The van der Waals surface area contributed by atoms with Gasteiger partial charge in [0, 0.05) is 37.7 Å². The summed E-state index contributed by atoms with van der Waals surface area (Å²) in [6, 6.07) is 0. The highest BCUT2D eigenvalue weighted by molar-refractivity contribution is 7.81. The molecule has 4 N–H and O–H groups in total. The largest absolute Gasteiger partial charge is 0.356 e. The van der Waals surface area contributed by atoms with Crippen LogP contribution in [0.2, 0.25) is 0 Å². The highest BCUT2D eigenvalue weighted by Crippen LogP contribution is 2.34. The number of nitrogens with one attached hydrogen (secondary N) is 4. The zero-order chi connectivity index (χ0) is 20.1. The van der Waals surface area contributed by atoms with Gasteiger partial charge in [0.05, 0.1) is 10.6 Å². The fraction of sp³-hybridized carbons (Fsp3) is 0.571. The molecule has 0 aliphatic carbocycles. The molecular formula is C14H22N10S3. The van der Waals surface area contributed by atoms with Gasteiger partial charge in [-0.1, -0.05) is 4.49 Å². The fourth-order valence-corrected chi connectivity index (χ4v) is 3.60. The van der Waals surface area contributed by atoms with Gasteiger partial charge < -0.3 is 10.6 Å². The Bertz CT molecular complexity index is 659. The minimum Gasteiger partial charge on any atom is -0.356 e. The minimum absolute atomic E-state index is 0.0664. The monoisotopic (exact) mass is 426 g/mol. The van der Waals surface area contributed by atoms with E-state index in [0.717, 1.165) is 10.6 Å². The molecule has 1 aromatic heterocycles. The molecule has 146 valence electrons. The van der Waals surface area contributed by atoms with Gasteiger partial charge in [-0.15, -0.1) is 5.10 Å². The van der Waals surface area contributed by atoms with E-state index in [-0.39, 0.29) is 10.5 Å². The first-order chi connectivity index (χ1) is 13.1. The van der Waals surface area contributed by atoms with Gasteiger partial charge in [-0.05, 0) is 24.4 Å². The Kier molecular flexibility index (Phi) is 11.0. The highest BCUT2D eigenvalue weighted by atomic mass is 32.1. The third kappa shape index (κ3) is 7.90. The molecule has 27 heavy (non-hydrogen) atoms. The van der Waals surface area contributed by atoms with E-state index in [1.165, 1.54) is 11.5 Å². The van der Waals surface area contributed by atoms with Gasteiger partial charge in [0.15, 0.2) is 12.4 Å². The summed E-state index contributed by atoms with van der Waals surface area (Å²) in [4.78, 5) is 8.80. The molecule has 1 heterocycles. The Morgan fingerprint density at radius 3 is 2.04 bits per heavy atom. The van der Waals surface area contributed by atoms with Crippen LogP contribution >= 0.6 is 36.8 Å². The molecule has 0 aliphatic heterocycles. The molecule has 10 nitrogen and oxygen atoms in total. The van der Waals surface area contributed by atoms with E-state index in [9.17, 15) is 0 Å². The lowest BCUT2D eigenvalue weighted by Gasteiger charge is -2.15. The Labute approximate surface area is 173 Å².